The molecule has 8 nitrogen and oxygen atoms in total. The maximum absolute atomic E-state index is 13.5. The molecule has 0 N–H and O–H groups in total. The summed E-state index contributed by atoms with van der Waals surface area (Å²) < 4.78 is 5.00. The first-order valence-electron chi connectivity index (χ1n) is 9.64. The maximum Gasteiger partial charge on any atom is 0.338 e. The van der Waals surface area contributed by atoms with Gasteiger partial charge in [-0.05, 0) is 55.8 Å². The van der Waals surface area contributed by atoms with Crippen molar-refractivity contribution in [2.24, 2.45) is 0 Å². The number of carbonyl (C=O) groups is 2. The number of nitrogens with zero attached hydrogens (tertiary/aromatic N) is 3. The van der Waals surface area contributed by atoms with Gasteiger partial charge in [-0.2, -0.15) is 0 Å². The predicted octanol–water partition coefficient (Wildman–Crippen LogP) is 4.32. The van der Waals surface area contributed by atoms with E-state index in [1.165, 1.54) is 17.0 Å². The molecule has 1 aromatic heterocycles. The Bertz CT molecular complexity index is 1100. The molecule has 158 valence electrons. The van der Waals surface area contributed by atoms with Crippen LogP contribution in [0.4, 0.5) is 11.4 Å². The summed E-state index contributed by atoms with van der Waals surface area (Å²) in [5.74, 6) is -0.845. The number of anilines is 1. The summed E-state index contributed by atoms with van der Waals surface area (Å²) in [6.45, 7) is 3.74. The van der Waals surface area contributed by atoms with Gasteiger partial charge in [-0.1, -0.05) is 12.1 Å². The molecule has 0 aliphatic carbocycles. The van der Waals surface area contributed by atoms with Gasteiger partial charge in [0.05, 0.1) is 23.6 Å². The van der Waals surface area contributed by atoms with Crippen molar-refractivity contribution in [2.45, 2.75) is 20.4 Å². The van der Waals surface area contributed by atoms with E-state index in [0.29, 0.717) is 11.3 Å². The topological polar surface area (TPSA) is 103 Å². The number of nitro groups is 1. The Morgan fingerprint density at radius 2 is 1.84 bits per heavy atom. The van der Waals surface area contributed by atoms with Crippen molar-refractivity contribution in [1.82, 2.24) is 4.98 Å². The van der Waals surface area contributed by atoms with Crippen LogP contribution in [-0.4, -0.2) is 28.4 Å². The van der Waals surface area contributed by atoms with Crippen LogP contribution in [0.25, 0.3) is 0 Å². The molecule has 0 saturated heterocycles. The summed E-state index contributed by atoms with van der Waals surface area (Å²) in [7, 11) is 0. The Kier molecular flexibility index (Phi) is 6.71. The summed E-state index contributed by atoms with van der Waals surface area (Å²) in [6.07, 6.45) is 3.28. The molecule has 0 spiro atoms. The zero-order chi connectivity index (χ0) is 22.4. The predicted molar refractivity (Wildman–Crippen MR) is 115 cm³/mol. The summed E-state index contributed by atoms with van der Waals surface area (Å²) in [5.41, 5.74) is 2.08. The van der Waals surface area contributed by atoms with Gasteiger partial charge in [0.15, 0.2) is 0 Å². The average molecular weight is 419 g/mol. The summed E-state index contributed by atoms with van der Waals surface area (Å²) in [6, 6.07) is 14.5. The minimum atomic E-state index is -0.508. The molecule has 3 aromatic rings. The second kappa shape index (κ2) is 9.62. The van der Waals surface area contributed by atoms with Gasteiger partial charge in [0.2, 0.25) is 0 Å². The van der Waals surface area contributed by atoms with Gasteiger partial charge in [0, 0.05) is 35.3 Å². The van der Waals surface area contributed by atoms with Crippen molar-refractivity contribution >= 4 is 23.3 Å². The molecule has 31 heavy (non-hydrogen) atoms. The largest absolute Gasteiger partial charge is 0.462 e. The lowest BCUT2D eigenvalue weighted by molar-refractivity contribution is -0.385. The Morgan fingerprint density at radius 1 is 1.10 bits per heavy atom. The van der Waals surface area contributed by atoms with Crippen LogP contribution in [0.1, 0.15) is 38.8 Å². The SMILES string of the molecule is CCOC(=O)c1ccc(N(Cc2cccnc2)C(=O)c2cccc([N+](=O)[O-])c2C)cc1. The smallest absolute Gasteiger partial charge is 0.338 e. The van der Waals surface area contributed by atoms with Crippen LogP contribution in [0.5, 0.6) is 0 Å². The van der Waals surface area contributed by atoms with E-state index in [0.717, 1.165) is 5.56 Å². The molecule has 1 heterocycles. The first-order valence-corrected chi connectivity index (χ1v) is 9.64. The molecule has 0 radical (unpaired) electrons. The second-order valence-electron chi connectivity index (χ2n) is 6.73. The third-order valence-corrected chi connectivity index (χ3v) is 4.73. The quantitative estimate of drug-likeness (QED) is 0.321. The molecule has 0 unspecified atom stereocenters. The first kappa shape index (κ1) is 21.6. The molecule has 2 aromatic carbocycles. The third-order valence-electron chi connectivity index (χ3n) is 4.73. The molecule has 0 aliphatic heterocycles. The molecular weight excluding hydrogens is 398 g/mol. The Hall–Kier alpha value is -4.07. The number of amides is 1. The summed E-state index contributed by atoms with van der Waals surface area (Å²) in [5, 5.41) is 11.3. The van der Waals surface area contributed by atoms with Crippen molar-refractivity contribution < 1.29 is 19.2 Å². The van der Waals surface area contributed by atoms with Crippen molar-refractivity contribution in [2.75, 3.05) is 11.5 Å². The lowest BCUT2D eigenvalue weighted by Gasteiger charge is -2.24. The number of hydrogen-bond donors (Lipinski definition) is 0. The second-order valence-corrected chi connectivity index (χ2v) is 6.73. The highest BCUT2D eigenvalue weighted by molar-refractivity contribution is 6.07. The van der Waals surface area contributed by atoms with E-state index in [1.807, 2.05) is 6.07 Å². The van der Waals surface area contributed by atoms with Crippen molar-refractivity contribution in [3.63, 3.8) is 0 Å². The number of ether oxygens (including phenoxy) is 1. The molecule has 0 aliphatic rings. The Labute approximate surface area is 179 Å². The van der Waals surface area contributed by atoms with Crippen LogP contribution >= 0.6 is 0 Å². The molecule has 0 atom stereocenters. The van der Waals surface area contributed by atoms with Crippen LogP contribution in [0.2, 0.25) is 0 Å². The van der Waals surface area contributed by atoms with Crippen LogP contribution in [0.3, 0.4) is 0 Å². The van der Waals surface area contributed by atoms with E-state index in [4.69, 9.17) is 4.74 Å². The van der Waals surface area contributed by atoms with Crippen LogP contribution in [0.15, 0.2) is 67.0 Å². The van der Waals surface area contributed by atoms with Crippen molar-refractivity contribution in [3.8, 4) is 0 Å². The number of pyridine rings is 1. The lowest BCUT2D eigenvalue weighted by atomic mass is 10.0. The van der Waals surface area contributed by atoms with Gasteiger partial charge in [-0.15, -0.1) is 0 Å². The van der Waals surface area contributed by atoms with E-state index >= 15 is 0 Å². The Morgan fingerprint density at radius 3 is 2.45 bits per heavy atom. The van der Waals surface area contributed by atoms with E-state index in [-0.39, 0.29) is 30.0 Å². The normalized spacial score (nSPS) is 10.4. The highest BCUT2D eigenvalue weighted by Crippen LogP contribution is 2.26. The van der Waals surface area contributed by atoms with E-state index < -0.39 is 16.8 Å². The summed E-state index contributed by atoms with van der Waals surface area (Å²) >= 11 is 0. The number of hydrogen-bond acceptors (Lipinski definition) is 6. The van der Waals surface area contributed by atoms with Crippen molar-refractivity contribution in [1.29, 1.82) is 0 Å². The van der Waals surface area contributed by atoms with Gasteiger partial charge in [0.1, 0.15) is 0 Å². The zero-order valence-electron chi connectivity index (χ0n) is 17.1. The molecule has 8 heteroatoms. The highest BCUT2D eigenvalue weighted by atomic mass is 16.6. The van der Waals surface area contributed by atoms with Gasteiger partial charge in [-0.25, -0.2) is 4.79 Å². The molecule has 0 fully saturated rings. The zero-order valence-corrected chi connectivity index (χ0v) is 17.1. The number of nitro benzene ring substituents is 1. The minimum Gasteiger partial charge on any atom is -0.462 e. The lowest BCUT2D eigenvalue weighted by Crippen LogP contribution is -2.31. The molecule has 3 rings (SSSR count). The van der Waals surface area contributed by atoms with E-state index in [1.54, 1.807) is 62.6 Å². The van der Waals surface area contributed by atoms with Gasteiger partial charge >= 0.3 is 5.97 Å². The van der Waals surface area contributed by atoms with Crippen LogP contribution in [0, 0.1) is 17.0 Å². The fourth-order valence-corrected chi connectivity index (χ4v) is 3.14. The van der Waals surface area contributed by atoms with Crippen molar-refractivity contribution in [3.05, 3.63) is 99.4 Å². The maximum atomic E-state index is 13.5. The minimum absolute atomic E-state index is 0.121. The monoisotopic (exact) mass is 419 g/mol. The molecule has 0 saturated carbocycles. The number of rotatable bonds is 7. The molecular formula is C23H21N3O5. The number of benzene rings is 2. The van der Waals surface area contributed by atoms with Crippen LogP contribution < -0.4 is 4.90 Å². The molecule has 1 amide bonds. The summed E-state index contributed by atoms with van der Waals surface area (Å²) in [4.78, 5) is 41.8. The van der Waals surface area contributed by atoms with Gasteiger partial charge in [-0.3, -0.25) is 19.9 Å². The average Bonchev–Trinajstić information content (AvgIpc) is 2.78. The molecule has 0 bridgehead atoms. The number of carbonyl (C=O) groups excluding carboxylic acids is 2. The standard InChI is InChI=1S/C23H21N3O5/c1-3-31-23(28)18-9-11-19(12-10-18)25(15-17-6-5-13-24-14-17)22(27)20-7-4-8-21(16(20)2)26(29)30/h4-14H,3,15H2,1-2H3. The first-order chi connectivity index (χ1) is 14.9. The van der Waals surface area contributed by atoms with Gasteiger partial charge < -0.3 is 9.64 Å². The number of aromatic nitrogens is 1. The fraction of sp³-hybridized carbons (Fsp3) is 0.174. The van der Waals surface area contributed by atoms with E-state index in [2.05, 4.69) is 4.98 Å². The number of esters is 1. The Balaban J connectivity index is 2.01. The third kappa shape index (κ3) is 4.92. The van der Waals surface area contributed by atoms with Crippen LogP contribution in [-0.2, 0) is 11.3 Å². The van der Waals surface area contributed by atoms with Gasteiger partial charge in [0.25, 0.3) is 11.6 Å². The fourth-order valence-electron chi connectivity index (χ4n) is 3.14. The van der Waals surface area contributed by atoms with E-state index in [9.17, 15) is 19.7 Å². The highest BCUT2D eigenvalue weighted by Gasteiger charge is 2.24.